The zero-order valence-corrected chi connectivity index (χ0v) is 13.4. The van der Waals surface area contributed by atoms with Gasteiger partial charge >= 0.3 is 6.03 Å². The molecule has 23 heavy (non-hydrogen) atoms. The van der Waals surface area contributed by atoms with Crippen LogP contribution < -0.4 is 14.9 Å². The van der Waals surface area contributed by atoms with Gasteiger partial charge in [-0.3, -0.25) is 4.31 Å². The third-order valence-electron chi connectivity index (χ3n) is 3.08. The molecule has 2 aromatic carbocycles. The van der Waals surface area contributed by atoms with Gasteiger partial charge in [-0.1, -0.05) is 18.2 Å². The number of sulfonamides is 1. The third kappa shape index (κ3) is 4.43. The van der Waals surface area contributed by atoms with Crippen molar-refractivity contribution in [3.63, 3.8) is 0 Å². The highest BCUT2D eigenvalue weighted by atomic mass is 32.2. The van der Waals surface area contributed by atoms with Gasteiger partial charge in [0.25, 0.3) is 0 Å². The maximum Gasteiger partial charge on any atom is 0.323 e. The highest BCUT2D eigenvalue weighted by Crippen LogP contribution is 2.27. The Hall–Kier alpha value is -2.61. The average Bonchev–Trinajstić information content (AvgIpc) is 2.46. The molecule has 0 aromatic heterocycles. The number of anilines is 3. The van der Waals surface area contributed by atoms with Gasteiger partial charge in [0.15, 0.2) is 0 Å². The number of nitrogens with zero attached hydrogens (tertiary/aromatic N) is 1. The molecule has 0 aliphatic carbocycles. The van der Waals surface area contributed by atoms with E-state index >= 15 is 0 Å². The molecule has 0 saturated carbocycles. The van der Waals surface area contributed by atoms with Crippen LogP contribution in [0.15, 0.2) is 48.5 Å². The number of nitrogens with one attached hydrogen (secondary N) is 2. The average molecular weight is 337 g/mol. The van der Waals surface area contributed by atoms with Crippen LogP contribution in [0.4, 0.5) is 26.2 Å². The van der Waals surface area contributed by atoms with Gasteiger partial charge in [0, 0.05) is 12.7 Å². The Morgan fingerprint density at radius 1 is 1.09 bits per heavy atom. The van der Waals surface area contributed by atoms with Crippen molar-refractivity contribution in [3.8, 4) is 0 Å². The molecule has 2 amide bonds. The maximum absolute atomic E-state index is 13.4. The first kappa shape index (κ1) is 16.8. The van der Waals surface area contributed by atoms with E-state index in [1.54, 1.807) is 30.3 Å². The predicted octanol–water partition coefficient (Wildman–Crippen LogP) is 2.87. The second-order valence-corrected chi connectivity index (χ2v) is 6.85. The van der Waals surface area contributed by atoms with E-state index < -0.39 is 21.9 Å². The topological polar surface area (TPSA) is 78.5 Å². The van der Waals surface area contributed by atoms with E-state index in [4.69, 9.17) is 0 Å². The molecule has 0 radical (unpaired) electrons. The Balaban J connectivity index is 2.25. The lowest BCUT2D eigenvalue weighted by atomic mass is 10.2. The molecule has 2 rings (SSSR count). The van der Waals surface area contributed by atoms with Crippen LogP contribution in [0.3, 0.4) is 0 Å². The third-order valence-corrected chi connectivity index (χ3v) is 4.27. The molecule has 8 heteroatoms. The van der Waals surface area contributed by atoms with Crippen molar-refractivity contribution in [2.45, 2.75) is 0 Å². The molecular weight excluding hydrogens is 321 g/mol. The monoisotopic (exact) mass is 337 g/mol. The first-order valence-corrected chi connectivity index (χ1v) is 8.49. The lowest BCUT2D eigenvalue weighted by molar-refractivity contribution is 0.262. The first-order valence-electron chi connectivity index (χ1n) is 6.64. The zero-order valence-electron chi connectivity index (χ0n) is 12.6. The molecule has 0 bridgehead atoms. The Morgan fingerprint density at radius 2 is 1.74 bits per heavy atom. The van der Waals surface area contributed by atoms with Crippen molar-refractivity contribution in [1.29, 1.82) is 0 Å². The summed E-state index contributed by atoms with van der Waals surface area (Å²) in [5, 5.41) is 5.03. The molecule has 0 fully saturated rings. The van der Waals surface area contributed by atoms with E-state index in [1.165, 1.54) is 13.1 Å². The Morgan fingerprint density at radius 3 is 2.35 bits per heavy atom. The van der Waals surface area contributed by atoms with Crippen LogP contribution >= 0.6 is 0 Å². The number of rotatable bonds is 4. The number of halogens is 1. The lowest BCUT2D eigenvalue weighted by Crippen LogP contribution is -2.27. The smallest absolute Gasteiger partial charge is 0.308 e. The van der Waals surface area contributed by atoms with Gasteiger partial charge in [-0.15, -0.1) is 0 Å². The van der Waals surface area contributed by atoms with E-state index in [1.807, 2.05) is 0 Å². The summed E-state index contributed by atoms with van der Waals surface area (Å²) in [5.74, 6) is -0.592. The van der Waals surface area contributed by atoms with Gasteiger partial charge in [-0.05, 0) is 30.3 Å². The second-order valence-electron chi connectivity index (χ2n) is 4.84. The number of hydrogen-bond acceptors (Lipinski definition) is 3. The summed E-state index contributed by atoms with van der Waals surface area (Å²) in [6, 6.07) is 11.5. The number of benzene rings is 2. The number of carbonyl (C=O) groups excluding carboxylic acids is 1. The molecule has 0 atom stereocenters. The van der Waals surface area contributed by atoms with Gasteiger partial charge in [0.2, 0.25) is 10.0 Å². The van der Waals surface area contributed by atoms with E-state index in [9.17, 15) is 17.6 Å². The molecular formula is C15H16FN3O3S. The van der Waals surface area contributed by atoms with Crippen molar-refractivity contribution in [2.75, 3.05) is 28.2 Å². The van der Waals surface area contributed by atoms with Gasteiger partial charge < -0.3 is 10.6 Å². The van der Waals surface area contributed by atoms with Crippen LogP contribution in [0, 0.1) is 5.82 Å². The normalized spacial score (nSPS) is 10.9. The van der Waals surface area contributed by atoms with Crippen molar-refractivity contribution >= 4 is 33.1 Å². The molecule has 2 N–H and O–H groups in total. The van der Waals surface area contributed by atoms with Crippen molar-refractivity contribution in [3.05, 3.63) is 54.3 Å². The van der Waals surface area contributed by atoms with Crippen LogP contribution in [0.2, 0.25) is 0 Å². The lowest BCUT2D eigenvalue weighted by Gasteiger charge is -2.20. The summed E-state index contributed by atoms with van der Waals surface area (Å²) in [4.78, 5) is 12.0. The fraction of sp³-hybridized carbons (Fsp3) is 0.133. The highest BCUT2D eigenvalue weighted by Gasteiger charge is 2.17. The quantitative estimate of drug-likeness (QED) is 0.900. The van der Waals surface area contributed by atoms with Crippen molar-refractivity contribution in [2.24, 2.45) is 0 Å². The summed E-state index contributed by atoms with van der Waals surface area (Å²) in [5.41, 5.74) is 0.767. The highest BCUT2D eigenvalue weighted by molar-refractivity contribution is 7.92. The van der Waals surface area contributed by atoms with E-state index in [0.717, 1.165) is 22.7 Å². The fourth-order valence-electron chi connectivity index (χ4n) is 1.87. The molecule has 122 valence electrons. The molecule has 6 nitrogen and oxygen atoms in total. The molecule has 0 unspecified atom stereocenters. The fourth-order valence-corrected chi connectivity index (χ4v) is 2.38. The molecule has 0 aliphatic rings. The van der Waals surface area contributed by atoms with Crippen LogP contribution in [-0.2, 0) is 10.0 Å². The summed E-state index contributed by atoms with van der Waals surface area (Å²) < 4.78 is 37.7. The number of hydrogen-bond donors (Lipinski definition) is 2. The summed E-state index contributed by atoms with van der Waals surface area (Å²) in [7, 11) is -2.22. The summed E-state index contributed by atoms with van der Waals surface area (Å²) in [6.45, 7) is 0. The standard InChI is InChI=1S/C15H16FN3O3S/c1-19(23(2,21)22)14-9-8-11(16)10-13(14)18-15(20)17-12-6-4-3-5-7-12/h3-10H,1-2H3,(H2,17,18,20). The van der Waals surface area contributed by atoms with Crippen molar-refractivity contribution in [1.82, 2.24) is 0 Å². The van der Waals surface area contributed by atoms with Gasteiger partial charge in [-0.2, -0.15) is 0 Å². The molecule has 2 aromatic rings. The largest absolute Gasteiger partial charge is 0.323 e. The SMILES string of the molecule is CN(c1ccc(F)cc1NC(=O)Nc1ccccc1)S(C)(=O)=O. The second kappa shape index (κ2) is 6.66. The minimum Gasteiger partial charge on any atom is -0.308 e. The molecule has 0 heterocycles. The number of urea groups is 1. The number of carbonyl (C=O) groups is 1. The van der Waals surface area contributed by atoms with E-state index in [0.29, 0.717) is 5.69 Å². The number of para-hydroxylation sites is 1. The number of amides is 2. The minimum absolute atomic E-state index is 0.0476. The van der Waals surface area contributed by atoms with Crippen LogP contribution in [-0.4, -0.2) is 27.8 Å². The molecule has 0 aliphatic heterocycles. The summed E-state index contributed by atoms with van der Waals surface area (Å²) in [6.07, 6.45) is 1.02. The Labute approximate surface area is 134 Å². The molecule has 0 spiro atoms. The van der Waals surface area contributed by atoms with E-state index in [-0.39, 0.29) is 11.4 Å². The Kier molecular flexibility index (Phi) is 4.85. The zero-order chi connectivity index (χ0) is 17.0. The predicted molar refractivity (Wildman–Crippen MR) is 88.7 cm³/mol. The summed E-state index contributed by atoms with van der Waals surface area (Å²) >= 11 is 0. The first-order chi connectivity index (χ1) is 10.8. The van der Waals surface area contributed by atoms with Crippen molar-refractivity contribution < 1.29 is 17.6 Å². The maximum atomic E-state index is 13.4. The van der Waals surface area contributed by atoms with Crippen LogP contribution in [0.5, 0.6) is 0 Å². The van der Waals surface area contributed by atoms with Gasteiger partial charge in [0.05, 0.1) is 17.6 Å². The van der Waals surface area contributed by atoms with Crippen LogP contribution in [0.1, 0.15) is 0 Å². The van der Waals surface area contributed by atoms with E-state index in [2.05, 4.69) is 10.6 Å². The van der Waals surface area contributed by atoms with Gasteiger partial charge in [0.1, 0.15) is 5.82 Å². The Bertz CT molecular complexity index is 810. The van der Waals surface area contributed by atoms with Gasteiger partial charge in [-0.25, -0.2) is 17.6 Å². The van der Waals surface area contributed by atoms with Crippen LogP contribution in [0.25, 0.3) is 0 Å². The molecule has 0 saturated heterocycles. The minimum atomic E-state index is -3.55.